The van der Waals surface area contributed by atoms with Gasteiger partial charge in [0.1, 0.15) is 5.15 Å². The van der Waals surface area contributed by atoms with Gasteiger partial charge in [0.15, 0.2) is 0 Å². The minimum Gasteiger partial charge on any atom is -0.394 e. The lowest BCUT2D eigenvalue weighted by Gasteiger charge is -2.29. The molecule has 0 spiro atoms. The van der Waals surface area contributed by atoms with E-state index in [2.05, 4.69) is 4.98 Å². The van der Waals surface area contributed by atoms with E-state index in [1.54, 1.807) is 6.20 Å². The molecule has 1 fully saturated rings. The van der Waals surface area contributed by atoms with E-state index >= 15 is 0 Å². The fraction of sp³-hybridized carbons (Fsp3) is 0.545. The van der Waals surface area contributed by atoms with Gasteiger partial charge in [-0.2, -0.15) is 0 Å². The van der Waals surface area contributed by atoms with E-state index < -0.39 is 0 Å². The van der Waals surface area contributed by atoms with E-state index in [4.69, 9.17) is 21.4 Å². The normalized spacial score (nSPS) is 26.5. The monoisotopic (exact) mass is 227 g/mol. The van der Waals surface area contributed by atoms with Gasteiger partial charge in [-0.15, -0.1) is 0 Å². The highest BCUT2D eigenvalue weighted by molar-refractivity contribution is 6.30. The van der Waals surface area contributed by atoms with Crippen molar-refractivity contribution in [2.24, 2.45) is 0 Å². The first-order valence-corrected chi connectivity index (χ1v) is 5.56. The van der Waals surface area contributed by atoms with Crippen LogP contribution in [-0.4, -0.2) is 22.8 Å². The zero-order chi connectivity index (χ0) is 10.7. The van der Waals surface area contributed by atoms with Crippen molar-refractivity contribution < 1.29 is 9.84 Å². The molecule has 0 saturated carbocycles. The second-order valence-corrected chi connectivity index (χ2v) is 4.10. The number of nitrogens with zero attached hydrogens (tertiary/aromatic N) is 1. The summed E-state index contributed by atoms with van der Waals surface area (Å²) in [4.78, 5) is 4.03. The van der Waals surface area contributed by atoms with Crippen LogP contribution in [0.4, 0.5) is 0 Å². The SMILES string of the molecule is OC[C@H]1CCC[C@@H](c2cccnc2Cl)O1. The molecule has 2 heterocycles. The summed E-state index contributed by atoms with van der Waals surface area (Å²) in [6.45, 7) is 0.0778. The molecule has 1 aliphatic rings. The molecular formula is C11H14ClNO2. The van der Waals surface area contributed by atoms with E-state index in [-0.39, 0.29) is 18.8 Å². The van der Waals surface area contributed by atoms with Gasteiger partial charge < -0.3 is 9.84 Å². The molecule has 1 aromatic rings. The molecule has 15 heavy (non-hydrogen) atoms. The standard InChI is InChI=1S/C11H14ClNO2/c12-11-9(4-2-6-13-11)10-5-1-3-8(7-14)15-10/h2,4,6,8,10,14H,1,3,5,7H2/t8-,10+/m1/s1. The van der Waals surface area contributed by atoms with Gasteiger partial charge in [0.25, 0.3) is 0 Å². The second kappa shape index (κ2) is 4.92. The highest BCUT2D eigenvalue weighted by Crippen LogP contribution is 2.33. The average Bonchev–Trinajstić information content (AvgIpc) is 2.30. The molecule has 0 amide bonds. The molecular weight excluding hydrogens is 214 g/mol. The van der Waals surface area contributed by atoms with Crippen molar-refractivity contribution in [3.8, 4) is 0 Å². The van der Waals surface area contributed by atoms with Gasteiger partial charge in [-0.3, -0.25) is 0 Å². The van der Waals surface area contributed by atoms with Gasteiger partial charge in [-0.25, -0.2) is 4.98 Å². The molecule has 82 valence electrons. The Morgan fingerprint density at radius 2 is 2.40 bits per heavy atom. The lowest BCUT2D eigenvalue weighted by atomic mass is 10.00. The maximum absolute atomic E-state index is 9.05. The van der Waals surface area contributed by atoms with Crippen LogP contribution in [0.3, 0.4) is 0 Å². The first kappa shape index (κ1) is 10.9. The number of rotatable bonds is 2. The molecule has 1 aromatic heterocycles. The van der Waals surface area contributed by atoms with Crippen LogP contribution in [0, 0.1) is 0 Å². The van der Waals surface area contributed by atoms with E-state index in [0.29, 0.717) is 5.15 Å². The van der Waals surface area contributed by atoms with Crippen molar-refractivity contribution >= 4 is 11.6 Å². The maximum atomic E-state index is 9.05. The lowest BCUT2D eigenvalue weighted by molar-refractivity contribution is -0.0737. The summed E-state index contributed by atoms with van der Waals surface area (Å²) >= 11 is 5.99. The van der Waals surface area contributed by atoms with Gasteiger partial charge in [-0.1, -0.05) is 17.7 Å². The molecule has 0 aliphatic carbocycles. The van der Waals surface area contributed by atoms with Gasteiger partial charge in [-0.05, 0) is 25.3 Å². The maximum Gasteiger partial charge on any atom is 0.134 e. The summed E-state index contributed by atoms with van der Waals surface area (Å²) in [5.74, 6) is 0. The Labute approximate surface area is 94.0 Å². The third kappa shape index (κ3) is 2.48. The van der Waals surface area contributed by atoms with E-state index in [0.717, 1.165) is 24.8 Å². The van der Waals surface area contributed by atoms with Crippen LogP contribution in [0.25, 0.3) is 0 Å². The average molecular weight is 228 g/mol. The van der Waals surface area contributed by atoms with Gasteiger partial charge in [0.05, 0.1) is 18.8 Å². The number of halogens is 1. The fourth-order valence-corrected chi connectivity index (χ4v) is 2.14. The number of pyridine rings is 1. The van der Waals surface area contributed by atoms with Crippen LogP contribution in [0.15, 0.2) is 18.3 Å². The van der Waals surface area contributed by atoms with Crippen molar-refractivity contribution in [1.29, 1.82) is 0 Å². The highest BCUT2D eigenvalue weighted by Gasteiger charge is 2.24. The fourth-order valence-electron chi connectivity index (χ4n) is 1.90. The van der Waals surface area contributed by atoms with Crippen molar-refractivity contribution in [1.82, 2.24) is 4.98 Å². The molecule has 1 saturated heterocycles. The summed E-state index contributed by atoms with van der Waals surface area (Å²) < 4.78 is 5.73. The summed E-state index contributed by atoms with van der Waals surface area (Å²) in [7, 11) is 0. The molecule has 0 bridgehead atoms. The lowest BCUT2D eigenvalue weighted by Crippen LogP contribution is -2.25. The number of hydrogen-bond donors (Lipinski definition) is 1. The first-order valence-electron chi connectivity index (χ1n) is 5.18. The first-order chi connectivity index (χ1) is 7.31. The minimum atomic E-state index is -0.0555. The van der Waals surface area contributed by atoms with Crippen LogP contribution in [0.5, 0.6) is 0 Å². The van der Waals surface area contributed by atoms with Crippen molar-refractivity contribution in [3.05, 3.63) is 29.0 Å². The van der Waals surface area contributed by atoms with E-state index in [1.807, 2.05) is 12.1 Å². The summed E-state index contributed by atoms with van der Waals surface area (Å²) in [5.41, 5.74) is 0.928. The van der Waals surface area contributed by atoms with Crippen LogP contribution >= 0.6 is 11.6 Å². The highest BCUT2D eigenvalue weighted by atomic mass is 35.5. The number of aliphatic hydroxyl groups is 1. The Kier molecular flexibility index (Phi) is 3.57. The van der Waals surface area contributed by atoms with Gasteiger partial charge >= 0.3 is 0 Å². The number of aliphatic hydroxyl groups excluding tert-OH is 1. The summed E-state index contributed by atoms with van der Waals surface area (Å²) in [5, 5.41) is 9.55. The minimum absolute atomic E-state index is 0.0166. The predicted octanol–water partition coefficient (Wildman–Crippen LogP) is 2.34. The molecule has 0 unspecified atom stereocenters. The number of hydrogen-bond acceptors (Lipinski definition) is 3. The number of aromatic nitrogens is 1. The largest absolute Gasteiger partial charge is 0.394 e. The van der Waals surface area contributed by atoms with Crippen LogP contribution in [0.1, 0.15) is 30.9 Å². The van der Waals surface area contributed by atoms with Crippen LogP contribution in [-0.2, 0) is 4.74 Å². The van der Waals surface area contributed by atoms with Crippen LogP contribution < -0.4 is 0 Å². The molecule has 2 rings (SSSR count). The Morgan fingerprint density at radius 1 is 1.53 bits per heavy atom. The smallest absolute Gasteiger partial charge is 0.134 e. The zero-order valence-electron chi connectivity index (χ0n) is 8.40. The second-order valence-electron chi connectivity index (χ2n) is 3.74. The molecule has 4 heteroatoms. The topological polar surface area (TPSA) is 42.4 Å². The Hall–Kier alpha value is -0.640. The quantitative estimate of drug-likeness (QED) is 0.789. The molecule has 0 aromatic carbocycles. The molecule has 1 N–H and O–H groups in total. The molecule has 3 nitrogen and oxygen atoms in total. The van der Waals surface area contributed by atoms with Crippen molar-refractivity contribution in [3.63, 3.8) is 0 Å². The summed E-state index contributed by atoms with van der Waals surface area (Å²) in [6, 6.07) is 3.78. The zero-order valence-corrected chi connectivity index (χ0v) is 9.15. The Bertz CT molecular complexity index is 332. The molecule has 1 aliphatic heterocycles. The Balaban J connectivity index is 2.13. The van der Waals surface area contributed by atoms with Crippen LogP contribution in [0.2, 0.25) is 5.15 Å². The van der Waals surface area contributed by atoms with Gasteiger partial charge in [0, 0.05) is 11.8 Å². The predicted molar refractivity (Wildman–Crippen MR) is 57.8 cm³/mol. The van der Waals surface area contributed by atoms with E-state index in [1.165, 1.54) is 0 Å². The Morgan fingerprint density at radius 3 is 3.13 bits per heavy atom. The molecule has 0 radical (unpaired) electrons. The number of ether oxygens (including phenoxy) is 1. The van der Waals surface area contributed by atoms with Gasteiger partial charge in [0.2, 0.25) is 0 Å². The molecule has 2 atom stereocenters. The van der Waals surface area contributed by atoms with Crippen molar-refractivity contribution in [2.45, 2.75) is 31.5 Å². The third-order valence-electron chi connectivity index (χ3n) is 2.69. The van der Waals surface area contributed by atoms with Crippen molar-refractivity contribution in [2.75, 3.05) is 6.61 Å². The van der Waals surface area contributed by atoms with E-state index in [9.17, 15) is 0 Å². The summed E-state index contributed by atoms with van der Waals surface area (Å²) in [6.07, 6.45) is 4.52. The third-order valence-corrected chi connectivity index (χ3v) is 3.00.